The van der Waals surface area contributed by atoms with Crippen LogP contribution in [0.4, 0.5) is 17.1 Å². The monoisotopic (exact) mass is 345 g/mol. The van der Waals surface area contributed by atoms with Crippen molar-refractivity contribution in [1.82, 2.24) is 0 Å². The van der Waals surface area contributed by atoms with Crippen molar-refractivity contribution in [3.63, 3.8) is 0 Å². The van der Waals surface area contributed by atoms with Crippen LogP contribution in [0.1, 0.15) is 6.92 Å². The van der Waals surface area contributed by atoms with E-state index in [1.165, 1.54) is 30.8 Å². The van der Waals surface area contributed by atoms with Crippen LogP contribution in [-0.4, -0.2) is 22.5 Å². The van der Waals surface area contributed by atoms with E-state index >= 15 is 0 Å². The van der Waals surface area contributed by atoms with Crippen molar-refractivity contribution in [3.8, 4) is 0 Å². The number of thioether (sulfide) groups is 1. The molecule has 0 aromatic heterocycles. The molecule has 2 aromatic rings. The van der Waals surface area contributed by atoms with E-state index < -0.39 is 4.92 Å². The standard InChI is InChI=1S/C16H15N3O4S/c1-11(20)17-12-2-4-13(5-3-12)18-16(21)10-24-15-8-6-14(7-9-15)19(22)23/h2-9H,10H2,1H3,(H,17,20)(H,18,21). The van der Waals surface area contributed by atoms with Gasteiger partial charge in [0.2, 0.25) is 11.8 Å². The zero-order chi connectivity index (χ0) is 17.5. The number of non-ortho nitro benzene ring substituents is 1. The van der Waals surface area contributed by atoms with Crippen LogP contribution < -0.4 is 10.6 Å². The van der Waals surface area contributed by atoms with Gasteiger partial charge in [-0.05, 0) is 36.4 Å². The Kier molecular flexibility index (Phi) is 5.91. The fourth-order valence-corrected chi connectivity index (χ4v) is 2.55. The molecule has 7 nitrogen and oxygen atoms in total. The second kappa shape index (κ2) is 8.11. The van der Waals surface area contributed by atoms with Crippen molar-refractivity contribution in [2.75, 3.05) is 16.4 Å². The molecule has 0 heterocycles. The maximum absolute atomic E-state index is 11.9. The maximum atomic E-state index is 11.9. The van der Waals surface area contributed by atoms with E-state index in [0.29, 0.717) is 11.4 Å². The maximum Gasteiger partial charge on any atom is 0.269 e. The Balaban J connectivity index is 1.84. The minimum Gasteiger partial charge on any atom is -0.326 e. The molecule has 0 saturated heterocycles. The lowest BCUT2D eigenvalue weighted by molar-refractivity contribution is -0.384. The molecular weight excluding hydrogens is 330 g/mol. The smallest absolute Gasteiger partial charge is 0.269 e. The quantitative estimate of drug-likeness (QED) is 0.475. The van der Waals surface area contributed by atoms with Gasteiger partial charge in [-0.15, -0.1) is 11.8 Å². The Bertz CT molecular complexity index is 745. The van der Waals surface area contributed by atoms with Crippen molar-refractivity contribution in [2.45, 2.75) is 11.8 Å². The topological polar surface area (TPSA) is 101 Å². The van der Waals surface area contributed by atoms with Crippen molar-refractivity contribution in [2.24, 2.45) is 0 Å². The van der Waals surface area contributed by atoms with E-state index in [9.17, 15) is 19.7 Å². The van der Waals surface area contributed by atoms with Gasteiger partial charge < -0.3 is 10.6 Å². The number of hydrogen-bond donors (Lipinski definition) is 2. The summed E-state index contributed by atoms with van der Waals surface area (Å²) in [6.45, 7) is 1.42. The first-order valence-electron chi connectivity index (χ1n) is 6.99. The molecule has 2 N–H and O–H groups in total. The molecule has 8 heteroatoms. The Labute approximate surface area is 142 Å². The van der Waals surface area contributed by atoms with Gasteiger partial charge in [-0.1, -0.05) is 0 Å². The highest BCUT2D eigenvalue weighted by atomic mass is 32.2. The SMILES string of the molecule is CC(=O)Nc1ccc(NC(=O)CSc2ccc([N+](=O)[O-])cc2)cc1. The third-order valence-electron chi connectivity index (χ3n) is 2.91. The number of anilines is 2. The number of rotatable bonds is 6. The number of nitrogens with one attached hydrogen (secondary N) is 2. The summed E-state index contributed by atoms with van der Waals surface area (Å²) in [6, 6.07) is 12.8. The predicted octanol–water partition coefficient (Wildman–Crippen LogP) is 3.28. The number of carbonyl (C=O) groups excluding carboxylic acids is 2. The van der Waals surface area contributed by atoms with E-state index in [1.807, 2.05) is 0 Å². The molecule has 124 valence electrons. The normalized spacial score (nSPS) is 10.0. The lowest BCUT2D eigenvalue weighted by atomic mass is 10.3. The molecule has 0 fully saturated rings. The second-order valence-electron chi connectivity index (χ2n) is 4.85. The van der Waals surface area contributed by atoms with Gasteiger partial charge in [-0.2, -0.15) is 0 Å². The average molecular weight is 345 g/mol. The van der Waals surface area contributed by atoms with E-state index in [4.69, 9.17) is 0 Å². The molecule has 0 aliphatic rings. The predicted molar refractivity (Wildman–Crippen MR) is 93.2 cm³/mol. The van der Waals surface area contributed by atoms with Gasteiger partial charge in [0.15, 0.2) is 0 Å². The van der Waals surface area contributed by atoms with Crippen molar-refractivity contribution >= 4 is 40.6 Å². The number of nitrogens with zero attached hydrogens (tertiary/aromatic N) is 1. The summed E-state index contributed by atoms with van der Waals surface area (Å²) in [4.78, 5) is 33.7. The minimum absolute atomic E-state index is 0.0167. The minimum atomic E-state index is -0.466. The van der Waals surface area contributed by atoms with Gasteiger partial charge in [0, 0.05) is 35.3 Å². The van der Waals surface area contributed by atoms with E-state index in [-0.39, 0.29) is 23.3 Å². The number of nitro benzene ring substituents is 1. The van der Waals surface area contributed by atoms with E-state index in [0.717, 1.165) is 4.90 Å². The van der Waals surface area contributed by atoms with Gasteiger partial charge in [-0.25, -0.2) is 0 Å². The lowest BCUT2D eigenvalue weighted by Crippen LogP contribution is -2.14. The van der Waals surface area contributed by atoms with Crippen molar-refractivity contribution < 1.29 is 14.5 Å². The number of hydrogen-bond acceptors (Lipinski definition) is 5. The molecule has 0 unspecified atom stereocenters. The lowest BCUT2D eigenvalue weighted by Gasteiger charge is -2.07. The molecule has 24 heavy (non-hydrogen) atoms. The van der Waals surface area contributed by atoms with Crippen LogP contribution in [0.25, 0.3) is 0 Å². The summed E-state index contributed by atoms with van der Waals surface area (Å²) < 4.78 is 0. The van der Waals surface area contributed by atoms with Crippen molar-refractivity contribution in [3.05, 3.63) is 58.6 Å². The Morgan fingerprint density at radius 1 is 1.00 bits per heavy atom. The third kappa shape index (κ3) is 5.40. The Morgan fingerprint density at radius 2 is 1.54 bits per heavy atom. The summed E-state index contributed by atoms with van der Waals surface area (Å²) >= 11 is 1.29. The van der Waals surface area contributed by atoms with Gasteiger partial charge in [0.25, 0.3) is 5.69 Å². The molecule has 0 bridgehead atoms. The first-order chi connectivity index (χ1) is 11.4. The molecule has 0 aliphatic carbocycles. The van der Waals surface area contributed by atoms with Gasteiger partial charge in [-0.3, -0.25) is 19.7 Å². The van der Waals surface area contributed by atoms with E-state index in [1.54, 1.807) is 36.4 Å². The van der Waals surface area contributed by atoms with Gasteiger partial charge >= 0.3 is 0 Å². The van der Waals surface area contributed by atoms with Gasteiger partial charge in [0.1, 0.15) is 0 Å². The molecule has 2 aromatic carbocycles. The van der Waals surface area contributed by atoms with Crippen LogP contribution in [0.3, 0.4) is 0 Å². The van der Waals surface area contributed by atoms with Crippen LogP contribution in [0, 0.1) is 10.1 Å². The fraction of sp³-hybridized carbons (Fsp3) is 0.125. The number of nitro groups is 1. The molecule has 0 atom stereocenters. The summed E-state index contributed by atoms with van der Waals surface area (Å²) in [5, 5.41) is 16.0. The first-order valence-corrected chi connectivity index (χ1v) is 7.97. The summed E-state index contributed by atoms with van der Waals surface area (Å²) in [6.07, 6.45) is 0. The Morgan fingerprint density at radius 3 is 2.04 bits per heavy atom. The number of amides is 2. The number of benzene rings is 2. The van der Waals surface area contributed by atoms with Crippen LogP contribution in [-0.2, 0) is 9.59 Å². The fourth-order valence-electron chi connectivity index (χ4n) is 1.85. The summed E-state index contributed by atoms with van der Waals surface area (Å²) in [7, 11) is 0. The van der Waals surface area contributed by atoms with Crippen molar-refractivity contribution in [1.29, 1.82) is 0 Å². The van der Waals surface area contributed by atoms with Crippen LogP contribution in [0.5, 0.6) is 0 Å². The highest BCUT2D eigenvalue weighted by molar-refractivity contribution is 8.00. The summed E-state index contributed by atoms with van der Waals surface area (Å²) in [5.74, 6) is -0.164. The Hall–Kier alpha value is -2.87. The van der Waals surface area contributed by atoms with E-state index in [2.05, 4.69) is 10.6 Å². The first kappa shape index (κ1) is 17.5. The van der Waals surface area contributed by atoms with Crippen LogP contribution in [0.15, 0.2) is 53.4 Å². The molecule has 0 radical (unpaired) electrons. The number of carbonyl (C=O) groups is 2. The largest absolute Gasteiger partial charge is 0.326 e. The third-order valence-corrected chi connectivity index (χ3v) is 3.92. The van der Waals surface area contributed by atoms with Crippen LogP contribution >= 0.6 is 11.8 Å². The highest BCUT2D eigenvalue weighted by Crippen LogP contribution is 2.21. The van der Waals surface area contributed by atoms with Crippen LogP contribution in [0.2, 0.25) is 0 Å². The second-order valence-corrected chi connectivity index (χ2v) is 5.90. The van der Waals surface area contributed by atoms with Gasteiger partial charge in [0.05, 0.1) is 10.7 Å². The zero-order valence-corrected chi connectivity index (χ0v) is 13.6. The zero-order valence-electron chi connectivity index (χ0n) is 12.8. The molecule has 0 aliphatic heterocycles. The molecule has 2 amide bonds. The molecular formula is C16H15N3O4S. The molecule has 0 saturated carbocycles. The molecule has 2 rings (SSSR count). The average Bonchev–Trinajstić information content (AvgIpc) is 2.54. The summed E-state index contributed by atoms with van der Waals surface area (Å²) in [5.41, 5.74) is 1.29. The highest BCUT2D eigenvalue weighted by Gasteiger charge is 2.07. The molecule has 0 spiro atoms.